The first kappa shape index (κ1) is 30.0. The molecule has 1 spiro atoms. The number of hydrogen-bond donors (Lipinski definition) is 2. The van der Waals surface area contributed by atoms with Gasteiger partial charge in [-0.05, 0) is 61.8 Å². The SMILES string of the molecule is C[C@@H]1[C@@H]([Si](C)(C)O)[C@H](CCn2cc(CCO)nn2)O[C@@]12C(=O)N(Cc1ccc(N3CCCC3=O)cc1)c1ccc(Cl)cc12. The molecule has 2 aromatic carbocycles. The van der Waals surface area contributed by atoms with Gasteiger partial charge in [0.1, 0.15) is 0 Å². The fraction of sp³-hybridized carbons (Fsp3) is 0.484. The maximum absolute atomic E-state index is 14.6. The molecular weight excluding hydrogens is 586 g/mol. The number of carbonyl (C=O) groups excluding carboxylic acids is 2. The number of ether oxygens (including phenoxy) is 1. The van der Waals surface area contributed by atoms with Gasteiger partial charge in [-0.2, -0.15) is 0 Å². The first-order valence-electron chi connectivity index (χ1n) is 14.9. The van der Waals surface area contributed by atoms with Crippen LogP contribution in [-0.2, 0) is 39.4 Å². The van der Waals surface area contributed by atoms with Gasteiger partial charge in [0.05, 0.1) is 24.0 Å². The number of benzene rings is 2. The Morgan fingerprint density at radius 3 is 2.60 bits per heavy atom. The van der Waals surface area contributed by atoms with Crippen LogP contribution in [0.15, 0.2) is 48.7 Å². The summed E-state index contributed by atoms with van der Waals surface area (Å²) >= 11 is 6.52. The summed E-state index contributed by atoms with van der Waals surface area (Å²) in [6.07, 6.45) is 3.82. The van der Waals surface area contributed by atoms with Gasteiger partial charge >= 0.3 is 0 Å². The van der Waals surface area contributed by atoms with E-state index in [4.69, 9.17) is 16.3 Å². The molecule has 2 fully saturated rings. The number of nitrogens with zero attached hydrogens (tertiary/aromatic N) is 5. The molecule has 3 aromatic rings. The van der Waals surface area contributed by atoms with Crippen LogP contribution >= 0.6 is 11.6 Å². The van der Waals surface area contributed by atoms with Gasteiger partial charge in [-0.1, -0.05) is 35.9 Å². The van der Waals surface area contributed by atoms with Crippen molar-refractivity contribution in [2.45, 2.75) is 76.0 Å². The fourth-order valence-electron chi connectivity index (χ4n) is 7.30. The van der Waals surface area contributed by atoms with Gasteiger partial charge in [0.25, 0.3) is 5.91 Å². The Kier molecular flexibility index (Phi) is 7.97. The quantitative estimate of drug-likeness (QED) is 0.345. The van der Waals surface area contributed by atoms with Crippen molar-refractivity contribution in [2.24, 2.45) is 5.92 Å². The second-order valence-electron chi connectivity index (χ2n) is 12.5. The molecule has 228 valence electrons. The normalized spacial score (nSPS) is 25.4. The van der Waals surface area contributed by atoms with Crippen molar-refractivity contribution in [1.29, 1.82) is 0 Å². The second kappa shape index (κ2) is 11.4. The van der Waals surface area contributed by atoms with Crippen LogP contribution in [0.4, 0.5) is 11.4 Å². The number of fused-ring (bicyclic) bond motifs is 2. The smallest absolute Gasteiger partial charge is 0.264 e. The Labute approximate surface area is 257 Å². The van der Waals surface area contributed by atoms with E-state index in [-0.39, 0.29) is 36.0 Å². The van der Waals surface area contributed by atoms with Gasteiger partial charge in [-0.3, -0.25) is 14.3 Å². The average molecular weight is 624 g/mol. The number of carbonyl (C=O) groups is 2. The summed E-state index contributed by atoms with van der Waals surface area (Å²) in [5.74, 6) is -0.326. The lowest BCUT2D eigenvalue weighted by molar-refractivity contribution is -0.146. The molecule has 4 atom stereocenters. The molecule has 2 N–H and O–H groups in total. The van der Waals surface area contributed by atoms with Crippen molar-refractivity contribution in [1.82, 2.24) is 15.0 Å². The van der Waals surface area contributed by atoms with Crippen LogP contribution in [0.2, 0.25) is 23.7 Å². The number of rotatable bonds is 9. The fourth-order valence-corrected chi connectivity index (χ4v) is 10.1. The van der Waals surface area contributed by atoms with Crippen molar-refractivity contribution in [2.75, 3.05) is 23.0 Å². The van der Waals surface area contributed by atoms with Crippen molar-refractivity contribution in [3.8, 4) is 0 Å². The summed E-state index contributed by atoms with van der Waals surface area (Å²) in [5.41, 5.74) is 2.48. The largest absolute Gasteiger partial charge is 0.432 e. The number of aliphatic hydroxyl groups is 1. The van der Waals surface area contributed by atoms with Crippen LogP contribution in [0.3, 0.4) is 0 Å². The molecule has 0 unspecified atom stereocenters. The van der Waals surface area contributed by atoms with Gasteiger partial charge in [-0.25, -0.2) is 0 Å². The molecule has 1 aromatic heterocycles. The zero-order valence-corrected chi connectivity index (χ0v) is 26.5. The molecule has 0 radical (unpaired) electrons. The molecule has 0 bridgehead atoms. The molecule has 2 saturated heterocycles. The highest BCUT2D eigenvalue weighted by atomic mass is 35.5. The number of amides is 2. The molecule has 3 aliphatic rings. The van der Waals surface area contributed by atoms with Crippen LogP contribution in [0.1, 0.15) is 43.0 Å². The highest BCUT2D eigenvalue weighted by Crippen LogP contribution is 2.60. The van der Waals surface area contributed by atoms with Crippen LogP contribution in [0.5, 0.6) is 0 Å². The minimum atomic E-state index is -2.81. The lowest BCUT2D eigenvalue weighted by Gasteiger charge is -2.32. The first-order valence-corrected chi connectivity index (χ1v) is 18.3. The summed E-state index contributed by atoms with van der Waals surface area (Å²) in [6.45, 7) is 7.38. The lowest BCUT2D eigenvalue weighted by atomic mass is 9.82. The van der Waals surface area contributed by atoms with Gasteiger partial charge in [0.2, 0.25) is 5.91 Å². The Morgan fingerprint density at radius 2 is 1.93 bits per heavy atom. The topological polar surface area (TPSA) is 121 Å². The molecule has 0 aliphatic carbocycles. The van der Waals surface area contributed by atoms with E-state index in [1.54, 1.807) is 20.5 Å². The van der Waals surface area contributed by atoms with Crippen molar-refractivity contribution >= 4 is 43.1 Å². The van der Waals surface area contributed by atoms with E-state index >= 15 is 0 Å². The zero-order valence-electron chi connectivity index (χ0n) is 24.7. The molecule has 10 nitrogen and oxygen atoms in total. The van der Waals surface area contributed by atoms with E-state index in [0.29, 0.717) is 43.1 Å². The third kappa shape index (κ3) is 5.31. The maximum Gasteiger partial charge on any atom is 0.264 e. The number of aromatic nitrogens is 3. The summed E-state index contributed by atoms with van der Waals surface area (Å²) in [6, 6.07) is 13.3. The minimum absolute atomic E-state index is 0.000314. The predicted octanol–water partition coefficient (Wildman–Crippen LogP) is 4.03. The van der Waals surface area contributed by atoms with Crippen molar-refractivity contribution in [3.05, 3.63) is 70.5 Å². The van der Waals surface area contributed by atoms with Gasteiger partial charge in [0, 0.05) is 66.5 Å². The van der Waals surface area contributed by atoms with Crippen molar-refractivity contribution in [3.63, 3.8) is 0 Å². The minimum Gasteiger partial charge on any atom is -0.432 e. The highest BCUT2D eigenvalue weighted by Gasteiger charge is 2.66. The second-order valence-corrected chi connectivity index (χ2v) is 16.9. The molecule has 6 rings (SSSR count). The molecule has 2 amide bonds. The average Bonchev–Trinajstić information content (AvgIpc) is 3.71. The molecular formula is C31H38ClN5O5Si. The predicted molar refractivity (Wildman–Crippen MR) is 165 cm³/mol. The first-order chi connectivity index (χ1) is 20.5. The van der Waals surface area contributed by atoms with Gasteiger partial charge in [-0.15, -0.1) is 5.10 Å². The number of aliphatic hydroxyl groups excluding tert-OH is 1. The highest BCUT2D eigenvalue weighted by molar-refractivity contribution is 6.71. The maximum atomic E-state index is 14.6. The summed E-state index contributed by atoms with van der Waals surface area (Å²) in [5, 5.41) is 18.0. The van der Waals surface area contributed by atoms with E-state index in [9.17, 15) is 19.5 Å². The molecule has 4 heterocycles. The monoisotopic (exact) mass is 623 g/mol. The van der Waals surface area contributed by atoms with E-state index in [1.165, 1.54) is 0 Å². The van der Waals surface area contributed by atoms with E-state index in [0.717, 1.165) is 35.5 Å². The van der Waals surface area contributed by atoms with Crippen molar-refractivity contribution < 1.29 is 24.2 Å². The molecule has 0 saturated carbocycles. The number of aryl methyl sites for hydroxylation is 1. The number of halogens is 1. The van der Waals surface area contributed by atoms with Crippen LogP contribution in [0.25, 0.3) is 0 Å². The molecule has 43 heavy (non-hydrogen) atoms. The number of hydrogen-bond acceptors (Lipinski definition) is 7. The van der Waals surface area contributed by atoms with Crippen LogP contribution in [-0.4, -0.2) is 64.3 Å². The Bertz CT molecular complexity index is 1530. The number of anilines is 2. The lowest BCUT2D eigenvalue weighted by Crippen LogP contribution is -2.46. The Morgan fingerprint density at radius 1 is 1.16 bits per heavy atom. The molecule has 3 aliphatic heterocycles. The summed E-state index contributed by atoms with van der Waals surface area (Å²) in [4.78, 5) is 41.9. The summed E-state index contributed by atoms with van der Waals surface area (Å²) < 4.78 is 8.60. The third-order valence-corrected chi connectivity index (χ3v) is 11.9. The van der Waals surface area contributed by atoms with Crippen LogP contribution < -0.4 is 9.80 Å². The van der Waals surface area contributed by atoms with Gasteiger partial charge in [0.15, 0.2) is 13.9 Å². The standard InChI is InChI=1S/C31H38ClN5O5Si/c1-20-29(43(2,3)41)27(12-15-35-19-23(13-16-38)33-34-35)42-31(20)25-17-22(32)8-11-26(25)37(30(31)40)18-21-6-9-24(10-7-21)36-14-4-5-28(36)39/h6-11,17,19-20,27,29,38,41H,4-5,12-16,18H2,1-3H3/t20-,27+,29-,31+/m1/s1. The third-order valence-electron chi connectivity index (χ3n) is 9.20. The molecule has 12 heteroatoms. The summed E-state index contributed by atoms with van der Waals surface area (Å²) in [7, 11) is -2.81. The van der Waals surface area contributed by atoms with E-state index < -0.39 is 13.9 Å². The Balaban J connectivity index is 1.30. The zero-order chi connectivity index (χ0) is 30.5. The van der Waals surface area contributed by atoms with Gasteiger partial charge < -0.3 is 24.4 Å². The van der Waals surface area contributed by atoms with E-state index in [1.807, 2.05) is 62.6 Å². The van der Waals surface area contributed by atoms with Crippen LogP contribution in [0, 0.1) is 5.92 Å². The van der Waals surface area contributed by atoms with E-state index in [2.05, 4.69) is 10.3 Å². The Hall–Kier alpha value is -3.09.